The summed E-state index contributed by atoms with van der Waals surface area (Å²) in [7, 11) is 1.36. The normalized spacial score (nSPS) is 29.4. The number of amides is 1. The molecule has 0 heterocycles. The standard InChI is InChI=1S/C22H28F2N2O4/c1-28-19-7-14(2-3-18(19)30-21(23)24)11-26-29-12-20(27)25-13-22-8-15-4-16(9-22)6-17(5-15)10-22/h2-3,7,11,15-17,21H,4-6,8-10,12-13H2,1H3,(H,25,27)/b26-11-. The maximum absolute atomic E-state index is 12.4. The Morgan fingerprint density at radius 2 is 1.87 bits per heavy atom. The topological polar surface area (TPSA) is 69.2 Å². The van der Waals surface area contributed by atoms with Crippen molar-refractivity contribution in [3.05, 3.63) is 23.8 Å². The summed E-state index contributed by atoms with van der Waals surface area (Å²) >= 11 is 0. The number of carbonyl (C=O) groups is 1. The van der Waals surface area contributed by atoms with E-state index in [0.717, 1.165) is 24.3 Å². The molecule has 0 atom stereocenters. The van der Waals surface area contributed by atoms with E-state index >= 15 is 0 Å². The Balaban J connectivity index is 1.22. The van der Waals surface area contributed by atoms with Gasteiger partial charge in [0.1, 0.15) is 0 Å². The molecule has 4 saturated carbocycles. The molecule has 4 aliphatic carbocycles. The van der Waals surface area contributed by atoms with Crippen LogP contribution in [-0.4, -0.2) is 39.0 Å². The summed E-state index contributed by atoms with van der Waals surface area (Å²) in [5.74, 6) is 2.47. The van der Waals surface area contributed by atoms with Crippen molar-refractivity contribution in [1.82, 2.24) is 5.32 Å². The van der Waals surface area contributed by atoms with Gasteiger partial charge in [-0.3, -0.25) is 4.79 Å². The molecule has 0 saturated heterocycles. The largest absolute Gasteiger partial charge is 0.493 e. The Labute approximate surface area is 174 Å². The van der Waals surface area contributed by atoms with E-state index in [0.29, 0.717) is 5.56 Å². The Morgan fingerprint density at radius 1 is 1.20 bits per heavy atom. The highest BCUT2D eigenvalue weighted by Gasteiger charge is 2.50. The van der Waals surface area contributed by atoms with E-state index in [2.05, 4.69) is 15.2 Å². The van der Waals surface area contributed by atoms with E-state index in [1.165, 1.54) is 64.0 Å². The van der Waals surface area contributed by atoms with Gasteiger partial charge in [-0.15, -0.1) is 0 Å². The van der Waals surface area contributed by atoms with Crippen LogP contribution in [0.2, 0.25) is 0 Å². The summed E-state index contributed by atoms with van der Waals surface area (Å²) < 4.78 is 34.2. The predicted molar refractivity (Wildman–Crippen MR) is 107 cm³/mol. The fraction of sp³-hybridized carbons (Fsp3) is 0.636. The average molecular weight is 422 g/mol. The van der Waals surface area contributed by atoms with Crippen molar-refractivity contribution >= 4 is 12.1 Å². The second kappa shape index (κ2) is 8.78. The van der Waals surface area contributed by atoms with Gasteiger partial charge in [-0.2, -0.15) is 8.78 Å². The molecular formula is C22H28F2N2O4. The number of halogens is 2. The van der Waals surface area contributed by atoms with Crippen LogP contribution in [0.25, 0.3) is 0 Å². The van der Waals surface area contributed by atoms with Crippen LogP contribution in [0, 0.1) is 23.2 Å². The summed E-state index contributed by atoms with van der Waals surface area (Å²) in [6.07, 6.45) is 9.25. The van der Waals surface area contributed by atoms with Gasteiger partial charge < -0.3 is 19.6 Å². The van der Waals surface area contributed by atoms with Crippen LogP contribution >= 0.6 is 0 Å². The summed E-state index contributed by atoms with van der Waals surface area (Å²) in [4.78, 5) is 17.3. The Kier molecular flexibility index (Phi) is 6.11. The van der Waals surface area contributed by atoms with Crippen LogP contribution in [0.5, 0.6) is 11.5 Å². The molecule has 0 unspecified atom stereocenters. The van der Waals surface area contributed by atoms with Gasteiger partial charge >= 0.3 is 6.61 Å². The molecule has 0 aromatic heterocycles. The van der Waals surface area contributed by atoms with E-state index < -0.39 is 6.61 Å². The SMILES string of the molecule is COc1cc(/C=N\OCC(=O)NCC23CC4CC(CC(C4)C2)C3)ccc1OC(F)F. The molecule has 1 amide bonds. The van der Waals surface area contributed by atoms with Gasteiger partial charge in [0.05, 0.1) is 13.3 Å². The van der Waals surface area contributed by atoms with Gasteiger partial charge in [-0.1, -0.05) is 5.16 Å². The summed E-state index contributed by atoms with van der Waals surface area (Å²) in [6.45, 7) is -2.36. The molecule has 1 N–H and O–H groups in total. The van der Waals surface area contributed by atoms with E-state index in [1.54, 1.807) is 6.07 Å². The molecule has 0 radical (unpaired) electrons. The molecule has 8 heteroatoms. The molecule has 0 aliphatic heterocycles. The molecule has 164 valence electrons. The van der Waals surface area contributed by atoms with Crippen molar-refractivity contribution in [2.45, 2.75) is 45.1 Å². The van der Waals surface area contributed by atoms with Gasteiger partial charge in [-0.25, -0.2) is 0 Å². The van der Waals surface area contributed by atoms with Gasteiger partial charge in [0, 0.05) is 12.1 Å². The van der Waals surface area contributed by atoms with Gasteiger partial charge in [0.2, 0.25) is 0 Å². The zero-order valence-electron chi connectivity index (χ0n) is 17.1. The summed E-state index contributed by atoms with van der Waals surface area (Å²) in [5, 5.41) is 6.83. The first-order valence-electron chi connectivity index (χ1n) is 10.5. The zero-order chi connectivity index (χ0) is 21.1. The van der Waals surface area contributed by atoms with E-state index in [-0.39, 0.29) is 29.4 Å². The molecule has 4 aliphatic rings. The van der Waals surface area contributed by atoms with Crippen molar-refractivity contribution in [3.8, 4) is 11.5 Å². The molecule has 4 bridgehead atoms. The molecule has 5 rings (SSSR count). The molecule has 30 heavy (non-hydrogen) atoms. The third-order valence-electron chi connectivity index (χ3n) is 6.70. The second-order valence-corrected chi connectivity index (χ2v) is 8.99. The number of ether oxygens (including phenoxy) is 2. The average Bonchev–Trinajstić information content (AvgIpc) is 2.69. The first kappa shape index (κ1) is 20.9. The number of rotatable bonds is 9. The summed E-state index contributed by atoms with van der Waals surface area (Å²) in [6, 6.07) is 4.41. The van der Waals surface area contributed by atoms with Crippen LogP contribution in [0.15, 0.2) is 23.4 Å². The van der Waals surface area contributed by atoms with Gasteiger partial charge in [0.15, 0.2) is 18.1 Å². The smallest absolute Gasteiger partial charge is 0.387 e. The van der Waals surface area contributed by atoms with E-state index in [4.69, 9.17) is 9.57 Å². The van der Waals surface area contributed by atoms with Crippen LogP contribution < -0.4 is 14.8 Å². The molecule has 0 spiro atoms. The number of nitrogens with zero attached hydrogens (tertiary/aromatic N) is 1. The Bertz CT molecular complexity index is 764. The quantitative estimate of drug-likeness (QED) is 0.483. The molecular weight excluding hydrogens is 394 g/mol. The lowest BCUT2D eigenvalue weighted by Gasteiger charge is -2.56. The highest BCUT2D eigenvalue weighted by atomic mass is 19.3. The van der Waals surface area contributed by atoms with E-state index in [1.807, 2.05) is 0 Å². The van der Waals surface area contributed by atoms with Crippen molar-refractivity contribution < 1.29 is 27.9 Å². The molecule has 1 aromatic rings. The zero-order valence-corrected chi connectivity index (χ0v) is 17.1. The fourth-order valence-electron chi connectivity index (χ4n) is 6.00. The van der Waals surface area contributed by atoms with Crippen molar-refractivity contribution in [2.24, 2.45) is 28.3 Å². The first-order valence-corrected chi connectivity index (χ1v) is 10.5. The van der Waals surface area contributed by atoms with Crippen LogP contribution in [0.3, 0.4) is 0 Å². The Hall–Kier alpha value is -2.38. The highest BCUT2D eigenvalue weighted by molar-refractivity contribution is 5.81. The lowest BCUT2D eigenvalue weighted by atomic mass is 9.49. The van der Waals surface area contributed by atoms with Crippen molar-refractivity contribution in [3.63, 3.8) is 0 Å². The number of nitrogens with one attached hydrogen (secondary N) is 1. The lowest BCUT2D eigenvalue weighted by Crippen LogP contribution is -2.51. The van der Waals surface area contributed by atoms with Crippen LogP contribution in [0.1, 0.15) is 44.1 Å². The Morgan fingerprint density at radius 3 is 2.47 bits per heavy atom. The maximum Gasteiger partial charge on any atom is 0.387 e. The lowest BCUT2D eigenvalue weighted by molar-refractivity contribution is -0.127. The third kappa shape index (κ3) is 4.84. The summed E-state index contributed by atoms with van der Waals surface area (Å²) in [5.41, 5.74) is 0.856. The molecule has 4 fully saturated rings. The minimum absolute atomic E-state index is 0.0605. The van der Waals surface area contributed by atoms with Crippen LogP contribution in [-0.2, 0) is 9.63 Å². The first-order chi connectivity index (χ1) is 14.4. The molecule has 1 aromatic carbocycles. The van der Waals surface area contributed by atoms with E-state index in [9.17, 15) is 13.6 Å². The molecule has 6 nitrogen and oxygen atoms in total. The van der Waals surface area contributed by atoms with Crippen molar-refractivity contribution in [1.29, 1.82) is 0 Å². The predicted octanol–water partition coefficient (Wildman–Crippen LogP) is 3.98. The number of methoxy groups -OCH3 is 1. The monoisotopic (exact) mass is 422 g/mol. The second-order valence-electron chi connectivity index (χ2n) is 8.99. The fourth-order valence-corrected chi connectivity index (χ4v) is 6.00. The van der Waals surface area contributed by atoms with Gasteiger partial charge in [0.25, 0.3) is 5.91 Å². The number of carbonyl (C=O) groups excluding carboxylic acids is 1. The highest BCUT2D eigenvalue weighted by Crippen LogP contribution is 2.59. The number of oxime groups is 1. The number of hydrogen-bond donors (Lipinski definition) is 1. The minimum atomic E-state index is -2.93. The maximum atomic E-state index is 12.4. The minimum Gasteiger partial charge on any atom is -0.493 e. The number of alkyl halides is 2. The van der Waals surface area contributed by atoms with Gasteiger partial charge in [-0.05, 0) is 79.9 Å². The van der Waals surface area contributed by atoms with Crippen molar-refractivity contribution in [2.75, 3.05) is 20.3 Å². The number of hydrogen-bond acceptors (Lipinski definition) is 5. The third-order valence-corrected chi connectivity index (χ3v) is 6.70. The number of benzene rings is 1. The van der Waals surface area contributed by atoms with Crippen LogP contribution in [0.4, 0.5) is 8.78 Å².